The molecular weight excluding hydrogens is 348 g/mol. The van der Waals surface area contributed by atoms with Crippen molar-refractivity contribution >= 4 is 0 Å². The molecule has 0 radical (unpaired) electrons. The third-order valence-electron chi connectivity index (χ3n) is 4.06. The Labute approximate surface area is 158 Å². The van der Waals surface area contributed by atoms with E-state index in [-0.39, 0.29) is 19.6 Å². The topological polar surface area (TPSA) is 105 Å². The Bertz CT molecular complexity index is 764. The first kappa shape index (κ1) is 22.5. The molecule has 0 amide bonds. The van der Waals surface area contributed by atoms with Gasteiger partial charge in [0, 0.05) is 38.9 Å². The van der Waals surface area contributed by atoms with Crippen LogP contribution in [0.5, 0.6) is 0 Å². The van der Waals surface area contributed by atoms with Crippen molar-refractivity contribution < 1.29 is 0 Å². The van der Waals surface area contributed by atoms with Crippen molar-refractivity contribution in [3.8, 4) is 0 Å². The van der Waals surface area contributed by atoms with Crippen molar-refractivity contribution in [2.45, 2.75) is 80.4 Å². The summed E-state index contributed by atoms with van der Waals surface area (Å²) in [5, 5.41) is 0. The van der Waals surface area contributed by atoms with Crippen molar-refractivity contribution in [3.05, 3.63) is 48.9 Å². The van der Waals surface area contributed by atoms with Gasteiger partial charge in [0.25, 0.3) is 0 Å². The third-order valence-corrected chi connectivity index (χ3v) is 4.06. The quantitative estimate of drug-likeness (QED) is 0.736. The van der Waals surface area contributed by atoms with E-state index in [0.717, 1.165) is 50.4 Å². The van der Waals surface area contributed by atoms with E-state index in [1.165, 1.54) is 0 Å². The van der Waals surface area contributed by atoms with Gasteiger partial charge in [-0.15, -0.1) is 0 Å². The first-order chi connectivity index (χ1) is 12.9. The monoisotopic (exact) mass is 378 g/mol. The van der Waals surface area contributed by atoms with Crippen LogP contribution in [0.25, 0.3) is 0 Å². The molecule has 0 N–H and O–H groups in total. The lowest BCUT2D eigenvalue weighted by Crippen LogP contribution is -2.53. The van der Waals surface area contributed by atoms with Crippen LogP contribution in [0.2, 0.25) is 0 Å². The van der Waals surface area contributed by atoms with Crippen molar-refractivity contribution in [1.29, 1.82) is 0 Å². The number of nitrogens with zero attached hydrogens (tertiary/aromatic N) is 6. The Morgan fingerprint density at radius 3 is 0.889 bits per heavy atom. The van der Waals surface area contributed by atoms with Gasteiger partial charge in [0.15, 0.2) is 0 Å². The normalized spacial score (nSPS) is 10.4. The molecule has 0 aliphatic carbocycles. The molecule has 0 saturated carbocycles. The second kappa shape index (κ2) is 10.5. The lowest BCUT2D eigenvalue weighted by Gasteiger charge is -2.09. The minimum absolute atomic E-state index is 0.276. The summed E-state index contributed by atoms with van der Waals surface area (Å²) in [6.07, 6.45) is 2.67. The average Bonchev–Trinajstić information content (AvgIpc) is 2.69. The lowest BCUT2D eigenvalue weighted by molar-refractivity contribution is 0.472. The molecule has 0 aliphatic heterocycles. The summed E-state index contributed by atoms with van der Waals surface area (Å²) in [5.74, 6) is 2.75. The van der Waals surface area contributed by atoms with Crippen LogP contribution in [0, 0.1) is 0 Å². The first-order valence-corrected chi connectivity index (χ1v) is 9.55. The van der Waals surface area contributed by atoms with Crippen molar-refractivity contribution in [2.24, 2.45) is 0 Å². The van der Waals surface area contributed by atoms with Gasteiger partial charge in [0.1, 0.15) is 17.5 Å². The Hall–Kier alpha value is -2.58. The lowest BCUT2D eigenvalue weighted by atomic mass is 10.3. The fourth-order valence-electron chi connectivity index (χ4n) is 2.49. The average molecular weight is 378 g/mol. The second-order valence-corrected chi connectivity index (χ2v) is 5.73. The van der Waals surface area contributed by atoms with Gasteiger partial charge in [-0.05, 0) is 20.8 Å². The van der Waals surface area contributed by atoms with E-state index in [1.54, 1.807) is 20.8 Å². The van der Waals surface area contributed by atoms with Crippen LogP contribution in [0.1, 0.15) is 59.0 Å². The fraction of sp³-hybridized carbons (Fsp3) is 0.667. The predicted octanol–water partition coefficient (Wildman–Crippen LogP) is 0.790. The van der Waals surface area contributed by atoms with Gasteiger partial charge >= 0.3 is 17.1 Å². The molecule has 0 spiro atoms. The predicted molar refractivity (Wildman–Crippen MR) is 104 cm³/mol. The minimum atomic E-state index is -0.528. The van der Waals surface area contributed by atoms with Crippen LogP contribution in [-0.2, 0) is 38.9 Å². The van der Waals surface area contributed by atoms with Gasteiger partial charge < -0.3 is 0 Å². The van der Waals surface area contributed by atoms with Crippen LogP contribution < -0.4 is 17.1 Å². The zero-order valence-electron chi connectivity index (χ0n) is 17.2. The van der Waals surface area contributed by atoms with Crippen LogP contribution in [0.15, 0.2) is 14.4 Å². The van der Waals surface area contributed by atoms with Gasteiger partial charge in [-0.1, -0.05) is 20.8 Å². The molecule has 27 heavy (non-hydrogen) atoms. The standard InChI is InChI=1S/C9H15N3O3.C9H15N3/c1-4-10-7(13)11(5-2)9(15)12(6-3)8(10)14;1-4-7-10-8(5-2)12-9(6-3)11-7/h4-6H2,1-3H3;4-6H2,1-3H3. The molecule has 2 heterocycles. The van der Waals surface area contributed by atoms with Gasteiger partial charge in [-0.3, -0.25) is 0 Å². The van der Waals surface area contributed by atoms with Gasteiger partial charge in [-0.2, -0.15) is 0 Å². The molecule has 0 aromatic carbocycles. The highest BCUT2D eigenvalue weighted by atomic mass is 16.2. The van der Waals surface area contributed by atoms with Gasteiger partial charge in [0.2, 0.25) is 0 Å². The SMILES string of the molecule is CCc1nc(CC)nc(CC)n1.CCn1c(=O)n(CC)c(=O)n(CC)c1=O. The number of hydrogen-bond acceptors (Lipinski definition) is 6. The summed E-state index contributed by atoms with van der Waals surface area (Å²) in [6.45, 7) is 12.1. The van der Waals surface area contributed by atoms with E-state index in [1.807, 2.05) is 0 Å². The largest absolute Gasteiger partial charge is 0.336 e. The Balaban J connectivity index is 0.000000277. The first-order valence-electron chi connectivity index (χ1n) is 9.55. The molecule has 0 unspecified atom stereocenters. The molecule has 0 aliphatic rings. The van der Waals surface area contributed by atoms with E-state index < -0.39 is 17.1 Å². The van der Waals surface area contributed by atoms with Crippen molar-refractivity contribution in [3.63, 3.8) is 0 Å². The molecule has 0 bridgehead atoms. The highest BCUT2D eigenvalue weighted by Crippen LogP contribution is 1.98. The maximum absolute atomic E-state index is 11.7. The number of rotatable bonds is 6. The van der Waals surface area contributed by atoms with E-state index in [0.29, 0.717) is 0 Å². The Kier molecular flexibility index (Phi) is 8.77. The maximum Gasteiger partial charge on any atom is 0.336 e. The molecule has 2 aromatic heterocycles. The zero-order chi connectivity index (χ0) is 20.6. The van der Waals surface area contributed by atoms with Crippen LogP contribution >= 0.6 is 0 Å². The number of aromatic nitrogens is 6. The molecule has 9 nitrogen and oxygen atoms in total. The summed E-state index contributed by atoms with van der Waals surface area (Å²) in [6, 6.07) is 0. The molecule has 0 atom stereocenters. The Morgan fingerprint density at radius 2 is 0.741 bits per heavy atom. The van der Waals surface area contributed by atoms with Crippen LogP contribution in [0.4, 0.5) is 0 Å². The summed E-state index contributed by atoms with van der Waals surface area (Å²) in [5.41, 5.74) is -1.58. The van der Waals surface area contributed by atoms with E-state index >= 15 is 0 Å². The molecular formula is C18H30N6O3. The fourth-order valence-corrected chi connectivity index (χ4v) is 2.49. The maximum atomic E-state index is 11.7. The van der Waals surface area contributed by atoms with Gasteiger partial charge in [0.05, 0.1) is 0 Å². The summed E-state index contributed by atoms with van der Waals surface area (Å²) >= 11 is 0. The smallest absolute Gasteiger partial charge is 0.247 e. The highest BCUT2D eigenvalue weighted by molar-refractivity contribution is 4.97. The van der Waals surface area contributed by atoms with Crippen molar-refractivity contribution in [1.82, 2.24) is 28.7 Å². The summed E-state index contributed by atoms with van der Waals surface area (Å²) < 4.78 is 3.19. The van der Waals surface area contributed by atoms with E-state index in [4.69, 9.17) is 0 Å². The number of hydrogen-bond donors (Lipinski definition) is 0. The minimum Gasteiger partial charge on any atom is -0.247 e. The van der Waals surface area contributed by atoms with Crippen LogP contribution in [-0.4, -0.2) is 28.7 Å². The molecule has 0 saturated heterocycles. The highest BCUT2D eigenvalue weighted by Gasteiger charge is 2.11. The summed E-state index contributed by atoms with van der Waals surface area (Å²) in [7, 11) is 0. The molecule has 0 fully saturated rings. The molecule has 2 rings (SSSR count). The Morgan fingerprint density at radius 1 is 0.519 bits per heavy atom. The van der Waals surface area contributed by atoms with Crippen molar-refractivity contribution in [2.75, 3.05) is 0 Å². The van der Waals surface area contributed by atoms with E-state index in [2.05, 4.69) is 35.7 Å². The molecule has 150 valence electrons. The second-order valence-electron chi connectivity index (χ2n) is 5.73. The third kappa shape index (κ3) is 5.21. The molecule has 9 heteroatoms. The molecule has 2 aromatic rings. The van der Waals surface area contributed by atoms with Crippen LogP contribution in [0.3, 0.4) is 0 Å². The van der Waals surface area contributed by atoms with Gasteiger partial charge in [-0.25, -0.2) is 43.0 Å². The zero-order valence-corrected chi connectivity index (χ0v) is 17.2. The summed E-state index contributed by atoms with van der Waals surface area (Å²) in [4.78, 5) is 47.8. The number of aryl methyl sites for hydroxylation is 3. The van der Waals surface area contributed by atoms with E-state index in [9.17, 15) is 14.4 Å².